The molecule has 11 nitrogen and oxygen atoms in total. The van der Waals surface area contributed by atoms with E-state index in [1.165, 1.54) is 13.3 Å². The van der Waals surface area contributed by atoms with Crippen molar-refractivity contribution in [2.75, 3.05) is 26.0 Å². The van der Waals surface area contributed by atoms with Gasteiger partial charge in [0.15, 0.2) is 0 Å². The molecule has 0 radical (unpaired) electrons. The molecule has 2 aromatic carbocycles. The molecule has 2 aliphatic rings. The van der Waals surface area contributed by atoms with Gasteiger partial charge in [0.25, 0.3) is 5.91 Å². The minimum Gasteiger partial charge on any atom is -0.465 e. The van der Waals surface area contributed by atoms with Gasteiger partial charge in [0.05, 0.1) is 24.8 Å². The fourth-order valence-corrected chi connectivity index (χ4v) is 6.66. The van der Waals surface area contributed by atoms with Crippen LogP contribution in [0.1, 0.15) is 46.4 Å². The number of thioether (sulfide) groups is 1. The van der Waals surface area contributed by atoms with Crippen LogP contribution in [0.3, 0.4) is 0 Å². The summed E-state index contributed by atoms with van der Waals surface area (Å²) in [5.74, 6) is 1.07. The van der Waals surface area contributed by atoms with Crippen LogP contribution in [0.25, 0.3) is 10.8 Å². The fourth-order valence-electron chi connectivity index (χ4n) is 5.12. The van der Waals surface area contributed by atoms with E-state index in [0.717, 1.165) is 35.8 Å². The highest BCUT2D eigenvalue weighted by atomic mass is 32.2. The fraction of sp³-hybridized carbons (Fsp3) is 0.367. The number of unbranched alkanes of at least 4 members (excludes halogenated alkanes) is 1. The van der Waals surface area contributed by atoms with Crippen LogP contribution in [-0.2, 0) is 9.53 Å². The third kappa shape index (κ3) is 7.11. The normalized spacial score (nSPS) is 19.0. The second kappa shape index (κ2) is 13.6. The van der Waals surface area contributed by atoms with Crippen LogP contribution < -0.4 is 26.0 Å². The number of rotatable bonds is 12. The molecule has 2 saturated heterocycles. The summed E-state index contributed by atoms with van der Waals surface area (Å²) in [5.41, 5.74) is 0.817. The van der Waals surface area contributed by atoms with Crippen molar-refractivity contribution in [1.29, 1.82) is 0 Å². The van der Waals surface area contributed by atoms with Crippen LogP contribution in [0.2, 0.25) is 0 Å². The Morgan fingerprint density at radius 2 is 1.86 bits per heavy atom. The average molecular weight is 592 g/mol. The quantitative estimate of drug-likeness (QED) is 0.142. The summed E-state index contributed by atoms with van der Waals surface area (Å²) in [5, 5.41) is 13.7. The largest absolute Gasteiger partial charge is 0.465 e. The third-order valence-electron chi connectivity index (χ3n) is 7.29. The van der Waals surface area contributed by atoms with E-state index in [4.69, 9.17) is 4.74 Å². The van der Waals surface area contributed by atoms with E-state index in [9.17, 15) is 19.2 Å². The maximum Gasteiger partial charge on any atom is 0.339 e. The number of hydrogen-bond donors (Lipinski definition) is 4. The van der Waals surface area contributed by atoms with Crippen LogP contribution in [0.4, 0.5) is 4.79 Å². The van der Waals surface area contributed by atoms with Crippen LogP contribution in [-0.4, -0.2) is 72.1 Å². The number of methoxy groups -OCH3 is 1. The van der Waals surface area contributed by atoms with Crippen LogP contribution in [0.15, 0.2) is 54.7 Å². The molecule has 220 valence electrons. The Hall–Kier alpha value is -4.32. The Bertz CT molecular complexity index is 1470. The van der Waals surface area contributed by atoms with Crippen LogP contribution in [0, 0.1) is 0 Å². The standard InChI is InChI=1S/C30H33N5O6S/c1-40-29(38)20-10-12-26(33-16-20)41-23-6-4-5-18-15-19(9-11-21(18)23)28(37)32-14-13-31-25(36)8-3-2-7-24-27-22(17-42-24)34-30(39)35-27/h4-6,9-12,15-16,22,24,27H,2-3,7-8,13-14,17H2,1H3,(H,31,36)(H,32,37)(H2,34,35,39)/t22-,24-,27-/m0/s1. The van der Waals surface area contributed by atoms with E-state index in [-0.39, 0.29) is 29.9 Å². The molecule has 2 aliphatic heterocycles. The highest BCUT2D eigenvalue weighted by Gasteiger charge is 2.42. The Morgan fingerprint density at radius 1 is 1.02 bits per heavy atom. The van der Waals surface area contributed by atoms with Gasteiger partial charge in [0.2, 0.25) is 11.8 Å². The van der Waals surface area contributed by atoms with Gasteiger partial charge in [-0.3, -0.25) is 9.59 Å². The van der Waals surface area contributed by atoms with E-state index in [1.54, 1.807) is 30.3 Å². The lowest BCUT2D eigenvalue weighted by Gasteiger charge is -2.16. The van der Waals surface area contributed by atoms with Crippen molar-refractivity contribution in [1.82, 2.24) is 26.3 Å². The number of benzene rings is 2. The third-order valence-corrected chi connectivity index (χ3v) is 8.80. The Labute approximate surface area is 247 Å². The average Bonchev–Trinajstić information content (AvgIpc) is 3.56. The molecule has 42 heavy (non-hydrogen) atoms. The highest BCUT2D eigenvalue weighted by molar-refractivity contribution is 8.00. The first-order valence-corrected chi connectivity index (χ1v) is 14.9. The Morgan fingerprint density at radius 3 is 2.67 bits per heavy atom. The smallest absolute Gasteiger partial charge is 0.339 e. The molecule has 4 amide bonds. The van der Waals surface area contributed by atoms with Gasteiger partial charge in [-0.05, 0) is 48.6 Å². The number of nitrogens with one attached hydrogen (secondary N) is 4. The maximum absolute atomic E-state index is 12.7. The maximum atomic E-state index is 12.7. The Kier molecular flexibility index (Phi) is 9.42. The number of nitrogens with zero attached hydrogens (tertiary/aromatic N) is 1. The predicted molar refractivity (Wildman–Crippen MR) is 159 cm³/mol. The van der Waals surface area contributed by atoms with Crippen molar-refractivity contribution >= 4 is 46.3 Å². The van der Waals surface area contributed by atoms with Gasteiger partial charge < -0.3 is 30.7 Å². The van der Waals surface area contributed by atoms with Gasteiger partial charge in [0, 0.05) is 53.7 Å². The van der Waals surface area contributed by atoms with Crippen molar-refractivity contribution in [3.8, 4) is 11.6 Å². The van der Waals surface area contributed by atoms with Crippen molar-refractivity contribution in [3.63, 3.8) is 0 Å². The number of amides is 4. The first-order chi connectivity index (χ1) is 20.4. The van der Waals surface area contributed by atoms with Gasteiger partial charge in [-0.1, -0.05) is 18.6 Å². The SMILES string of the molecule is COC(=O)c1ccc(Oc2cccc3cc(C(=O)NCCNC(=O)CCCC[C@@H]4SC[C@@H]5NC(=O)N[C@@H]54)ccc23)nc1. The van der Waals surface area contributed by atoms with Gasteiger partial charge in [-0.15, -0.1) is 0 Å². The van der Waals surface area contributed by atoms with E-state index in [2.05, 4.69) is 31.0 Å². The molecule has 3 atom stereocenters. The summed E-state index contributed by atoms with van der Waals surface area (Å²) in [6.45, 7) is 0.658. The number of ether oxygens (including phenoxy) is 2. The molecule has 0 spiro atoms. The molecular weight excluding hydrogens is 558 g/mol. The number of fused-ring (bicyclic) bond motifs is 2. The summed E-state index contributed by atoms with van der Waals surface area (Å²) >= 11 is 1.88. The molecule has 4 N–H and O–H groups in total. The first-order valence-electron chi connectivity index (χ1n) is 13.9. The molecule has 3 heterocycles. The topological polar surface area (TPSA) is 148 Å². The Balaban J connectivity index is 1.03. The molecule has 5 rings (SSSR count). The lowest BCUT2D eigenvalue weighted by molar-refractivity contribution is -0.121. The number of pyridine rings is 1. The zero-order chi connectivity index (χ0) is 29.5. The summed E-state index contributed by atoms with van der Waals surface area (Å²) in [7, 11) is 1.31. The minimum atomic E-state index is -0.476. The number of aromatic nitrogens is 1. The van der Waals surface area contributed by atoms with Crippen molar-refractivity contribution in [2.24, 2.45) is 0 Å². The monoisotopic (exact) mass is 591 g/mol. The van der Waals surface area contributed by atoms with E-state index in [1.807, 2.05) is 30.0 Å². The highest BCUT2D eigenvalue weighted by Crippen LogP contribution is 2.33. The van der Waals surface area contributed by atoms with Gasteiger partial charge >= 0.3 is 12.0 Å². The van der Waals surface area contributed by atoms with Crippen LogP contribution >= 0.6 is 11.8 Å². The predicted octanol–water partition coefficient (Wildman–Crippen LogP) is 3.39. The van der Waals surface area contributed by atoms with Crippen molar-refractivity contribution in [2.45, 2.75) is 43.0 Å². The number of esters is 1. The molecular formula is C30H33N5O6S. The number of carbonyl (C=O) groups is 4. The van der Waals surface area contributed by atoms with Crippen molar-refractivity contribution < 1.29 is 28.7 Å². The van der Waals surface area contributed by atoms with Crippen LogP contribution in [0.5, 0.6) is 11.6 Å². The molecule has 0 bridgehead atoms. The minimum absolute atomic E-state index is 0.0373. The number of urea groups is 1. The van der Waals surface area contributed by atoms with Gasteiger partial charge in [-0.2, -0.15) is 11.8 Å². The number of hydrogen-bond acceptors (Lipinski definition) is 8. The van der Waals surface area contributed by atoms with E-state index >= 15 is 0 Å². The summed E-state index contributed by atoms with van der Waals surface area (Å²) in [6.07, 6.45) is 4.50. The summed E-state index contributed by atoms with van der Waals surface area (Å²) < 4.78 is 10.6. The zero-order valence-corrected chi connectivity index (χ0v) is 24.0. The van der Waals surface area contributed by atoms with Gasteiger partial charge in [0.1, 0.15) is 5.75 Å². The molecule has 0 saturated carbocycles. The summed E-state index contributed by atoms with van der Waals surface area (Å²) in [4.78, 5) is 52.2. The first kappa shape index (κ1) is 29.2. The van der Waals surface area contributed by atoms with Crippen molar-refractivity contribution in [3.05, 3.63) is 65.9 Å². The lowest BCUT2D eigenvalue weighted by Crippen LogP contribution is -2.36. The molecule has 12 heteroatoms. The molecule has 3 aromatic rings. The van der Waals surface area contributed by atoms with E-state index < -0.39 is 5.97 Å². The summed E-state index contributed by atoms with van der Waals surface area (Å²) in [6, 6.07) is 14.3. The second-order valence-corrected chi connectivity index (χ2v) is 11.4. The number of carbonyl (C=O) groups excluding carboxylic acids is 4. The lowest BCUT2D eigenvalue weighted by atomic mass is 10.0. The molecule has 2 fully saturated rings. The van der Waals surface area contributed by atoms with E-state index in [0.29, 0.717) is 47.5 Å². The molecule has 1 aromatic heterocycles. The van der Waals surface area contributed by atoms with Gasteiger partial charge in [-0.25, -0.2) is 14.6 Å². The zero-order valence-electron chi connectivity index (χ0n) is 23.2. The molecule has 0 aliphatic carbocycles. The second-order valence-electron chi connectivity index (χ2n) is 10.1. The molecule has 0 unspecified atom stereocenters.